The van der Waals surface area contributed by atoms with Gasteiger partial charge in [-0.3, -0.25) is 0 Å². The molecule has 2 fully saturated rings. The van der Waals surface area contributed by atoms with Crippen molar-refractivity contribution in [1.29, 1.82) is 0 Å². The van der Waals surface area contributed by atoms with E-state index < -0.39 is 0 Å². The van der Waals surface area contributed by atoms with Crippen LogP contribution in [0.5, 0.6) is 0 Å². The number of anilines is 6. The minimum Gasteiger partial charge on any atom is -0.453 e. The Labute approximate surface area is 530 Å². The summed E-state index contributed by atoms with van der Waals surface area (Å²) in [4.78, 5) is 5.24. The minimum absolute atomic E-state index is 0.353. The third-order valence-electron chi connectivity index (χ3n) is 21.1. The number of para-hydroxylation sites is 6. The Balaban J connectivity index is 1.02. The fourth-order valence-corrected chi connectivity index (χ4v) is 16.8. The molecule has 2 aliphatic rings. The van der Waals surface area contributed by atoms with Crippen LogP contribution >= 0.6 is 0 Å². The van der Waals surface area contributed by atoms with Crippen molar-refractivity contribution >= 4 is 110 Å². The Morgan fingerprint density at radius 2 is 0.644 bits per heavy atom. The first-order chi connectivity index (χ1) is 44.0. The van der Waals surface area contributed by atoms with Crippen LogP contribution < -0.4 is 9.80 Å². The molecule has 0 aliphatic heterocycles. The van der Waals surface area contributed by atoms with Crippen molar-refractivity contribution in [2.75, 3.05) is 9.80 Å². The van der Waals surface area contributed by atoms with Gasteiger partial charge in [-0.05, 0) is 178 Å². The molecule has 12 aromatic carbocycles. The lowest BCUT2D eigenvalue weighted by Gasteiger charge is -2.34. The average molecular weight is 1170 g/mol. The molecule has 0 bridgehead atoms. The molecule has 90 heavy (non-hydrogen) atoms. The van der Waals surface area contributed by atoms with Crippen molar-refractivity contribution in [2.24, 2.45) is 0 Å². The van der Waals surface area contributed by atoms with Gasteiger partial charge in [-0.1, -0.05) is 236 Å². The van der Waals surface area contributed by atoms with E-state index in [9.17, 15) is 0 Å². The highest BCUT2D eigenvalue weighted by Gasteiger charge is 2.33. The third-order valence-corrected chi connectivity index (χ3v) is 21.1. The van der Waals surface area contributed by atoms with Gasteiger partial charge in [0.25, 0.3) is 0 Å². The van der Waals surface area contributed by atoms with E-state index in [1.54, 1.807) is 0 Å². The van der Waals surface area contributed by atoms with Crippen LogP contribution in [0.2, 0.25) is 0 Å². The summed E-state index contributed by atoms with van der Waals surface area (Å²) in [5.74, 6) is 1.54. The zero-order chi connectivity index (χ0) is 61.1. The first-order valence-electron chi connectivity index (χ1n) is 33.6. The molecular weight excluding hydrogens is 1090 g/mol. The molecule has 2 saturated carbocycles. The van der Waals surface area contributed by atoms with E-state index in [4.69, 9.17) is 8.83 Å². The molecule has 4 heteroatoms. The maximum Gasteiger partial charge on any atom is 0.159 e. The SMILES string of the molecule is Cc1cccc(C)c1N(c1cc(C2CCCCC2)c2ccc3c(N(c4c(C)cccc4C)c4cccc5c4oc4c(-c6ccccc6C(C)C)cccc45)cc(C4CCCCC4)c4ccc1c2c43)c1cccc2c1oc1c(-c3ccccc3C(C)C)cccc12. The lowest BCUT2D eigenvalue weighted by molar-refractivity contribution is 0.445. The topological polar surface area (TPSA) is 32.8 Å². The van der Waals surface area contributed by atoms with E-state index in [1.807, 2.05) is 0 Å². The predicted molar refractivity (Wildman–Crippen MR) is 384 cm³/mol. The van der Waals surface area contributed by atoms with Gasteiger partial charge in [0.2, 0.25) is 0 Å². The van der Waals surface area contributed by atoms with Gasteiger partial charge < -0.3 is 18.6 Å². The lowest BCUT2D eigenvalue weighted by Crippen LogP contribution is -2.16. The standard InChI is InChI=1S/C86H80N2O2/c1-51(2)59-33-15-17-35-61(59)65-37-21-39-67-69-41-23-43-75(85(69)89-83(65)67)87(81-53(5)25-19-26-54(81)6)77-49-73(57-29-11-9-12-30-57)63-46-48-72-78(50-74(58-31-13-10-14-32-58)64-45-47-71(77)79(63)80(64)72)88(82-55(7)27-20-28-56(82)8)76-44-24-42-70-68-40-22-38-66(84(68)90-86(70)76)62-36-18-16-34-60(62)52(3)4/h15-28,33-52,57-58H,9-14,29-32H2,1-8H3. The van der Waals surface area contributed by atoms with Gasteiger partial charge in [0.1, 0.15) is 11.2 Å². The van der Waals surface area contributed by atoms with Crippen molar-refractivity contribution in [3.63, 3.8) is 0 Å². The van der Waals surface area contributed by atoms with Gasteiger partial charge in [-0.25, -0.2) is 0 Å². The summed E-state index contributed by atoms with van der Waals surface area (Å²) in [5, 5.41) is 12.5. The maximum atomic E-state index is 7.55. The van der Waals surface area contributed by atoms with Crippen molar-refractivity contribution < 1.29 is 8.83 Å². The van der Waals surface area contributed by atoms with Crippen LogP contribution in [0.1, 0.15) is 160 Å². The second-order valence-electron chi connectivity index (χ2n) is 27.2. The molecule has 0 saturated heterocycles. The Morgan fingerprint density at radius 3 is 1.03 bits per heavy atom. The molecule has 0 N–H and O–H groups in total. The normalized spacial score (nSPS) is 14.6. The third kappa shape index (κ3) is 8.98. The molecular formula is C86H80N2O2. The van der Waals surface area contributed by atoms with E-state index in [0.29, 0.717) is 23.7 Å². The summed E-state index contributed by atoms with van der Waals surface area (Å²) in [6.07, 6.45) is 12.2. The van der Waals surface area contributed by atoms with Crippen LogP contribution in [-0.4, -0.2) is 0 Å². The highest BCUT2D eigenvalue weighted by Crippen LogP contribution is 2.56. The maximum absolute atomic E-state index is 7.55. The second-order valence-corrected chi connectivity index (χ2v) is 27.2. The van der Waals surface area contributed by atoms with Crippen molar-refractivity contribution in [3.8, 4) is 22.3 Å². The number of nitrogens with zero attached hydrogens (tertiary/aromatic N) is 2. The molecule has 2 aromatic heterocycles. The van der Waals surface area contributed by atoms with Crippen LogP contribution in [0.4, 0.5) is 34.1 Å². The molecule has 0 spiro atoms. The van der Waals surface area contributed by atoms with Gasteiger partial charge in [0, 0.05) is 43.4 Å². The highest BCUT2D eigenvalue weighted by molar-refractivity contribution is 6.30. The fraction of sp³-hybridized carbons (Fsp3) is 0.256. The first kappa shape index (κ1) is 56.1. The predicted octanol–water partition coefficient (Wildman–Crippen LogP) is 26.2. The Bertz CT molecular complexity index is 4750. The molecule has 2 heterocycles. The molecule has 16 rings (SSSR count). The van der Waals surface area contributed by atoms with Crippen molar-refractivity contribution in [2.45, 2.75) is 143 Å². The van der Waals surface area contributed by atoms with Crippen LogP contribution in [0.3, 0.4) is 0 Å². The van der Waals surface area contributed by atoms with Crippen LogP contribution in [0.25, 0.3) is 98.4 Å². The van der Waals surface area contributed by atoms with E-state index in [1.165, 1.54) is 175 Å². The summed E-state index contributed by atoms with van der Waals surface area (Å²) in [6.45, 7) is 18.4. The van der Waals surface area contributed by atoms with Crippen LogP contribution in [-0.2, 0) is 0 Å². The molecule has 446 valence electrons. The van der Waals surface area contributed by atoms with Gasteiger partial charge >= 0.3 is 0 Å². The highest BCUT2D eigenvalue weighted by atomic mass is 16.3. The van der Waals surface area contributed by atoms with Gasteiger partial charge in [0.15, 0.2) is 11.2 Å². The first-order valence-corrected chi connectivity index (χ1v) is 33.6. The molecule has 4 nitrogen and oxygen atoms in total. The van der Waals surface area contributed by atoms with Gasteiger partial charge in [-0.2, -0.15) is 0 Å². The quantitative estimate of drug-likeness (QED) is 0.114. The number of furan rings is 2. The average Bonchev–Trinajstić information content (AvgIpc) is 0.896. The van der Waals surface area contributed by atoms with E-state index in [0.717, 1.165) is 66.4 Å². The summed E-state index contributed by atoms with van der Waals surface area (Å²) in [6, 6.07) is 74.0. The number of aryl methyl sites for hydroxylation is 4. The van der Waals surface area contributed by atoms with Crippen molar-refractivity contribution in [1.82, 2.24) is 0 Å². The number of benzene rings is 12. The Hall–Kier alpha value is -9.12. The Morgan fingerprint density at radius 1 is 0.311 bits per heavy atom. The van der Waals surface area contributed by atoms with E-state index >= 15 is 0 Å². The summed E-state index contributed by atoms with van der Waals surface area (Å²) in [5.41, 5.74) is 25.7. The van der Waals surface area contributed by atoms with Crippen LogP contribution in [0.15, 0.2) is 203 Å². The second kappa shape index (κ2) is 22.4. The summed E-state index contributed by atoms with van der Waals surface area (Å²) >= 11 is 0. The summed E-state index contributed by atoms with van der Waals surface area (Å²) in [7, 11) is 0. The number of hydrogen-bond donors (Lipinski definition) is 0. The zero-order valence-corrected chi connectivity index (χ0v) is 53.6. The van der Waals surface area contributed by atoms with Gasteiger partial charge in [0.05, 0.1) is 34.1 Å². The number of rotatable bonds is 12. The molecule has 0 unspecified atom stereocenters. The lowest BCUT2D eigenvalue weighted by atomic mass is 9.77. The molecule has 0 atom stereocenters. The monoisotopic (exact) mass is 1170 g/mol. The smallest absolute Gasteiger partial charge is 0.159 e. The number of hydrogen-bond acceptors (Lipinski definition) is 4. The molecule has 2 aliphatic carbocycles. The van der Waals surface area contributed by atoms with Gasteiger partial charge in [-0.15, -0.1) is 0 Å². The fourth-order valence-electron chi connectivity index (χ4n) is 16.8. The summed E-state index contributed by atoms with van der Waals surface area (Å²) < 4.78 is 15.1. The van der Waals surface area contributed by atoms with E-state index in [2.05, 4.69) is 259 Å². The molecule has 14 aromatic rings. The Kier molecular flexibility index (Phi) is 14.0. The minimum atomic E-state index is 0.353. The van der Waals surface area contributed by atoms with Crippen LogP contribution in [0, 0.1) is 27.7 Å². The largest absolute Gasteiger partial charge is 0.453 e. The molecule has 0 radical (unpaired) electrons. The zero-order valence-electron chi connectivity index (χ0n) is 53.6. The van der Waals surface area contributed by atoms with E-state index in [-0.39, 0.29) is 0 Å². The number of fused-ring (bicyclic) bond motifs is 6. The van der Waals surface area contributed by atoms with Crippen molar-refractivity contribution in [3.05, 3.63) is 239 Å². The molecule has 0 amide bonds.